The van der Waals surface area contributed by atoms with E-state index in [1.54, 1.807) is 6.20 Å². The lowest BCUT2D eigenvalue weighted by molar-refractivity contribution is -0.130. The molecule has 1 aliphatic heterocycles. The third-order valence-corrected chi connectivity index (χ3v) is 6.70. The molecule has 0 aromatic carbocycles. The van der Waals surface area contributed by atoms with Gasteiger partial charge in [0, 0.05) is 30.8 Å². The lowest BCUT2D eigenvalue weighted by Gasteiger charge is -2.40. The van der Waals surface area contributed by atoms with Crippen molar-refractivity contribution in [1.29, 1.82) is 0 Å². The van der Waals surface area contributed by atoms with E-state index in [1.165, 1.54) is 6.42 Å². The summed E-state index contributed by atoms with van der Waals surface area (Å²) in [6.07, 6.45) is 12.2. The Morgan fingerprint density at radius 2 is 1.97 bits per heavy atom. The van der Waals surface area contributed by atoms with Crippen LogP contribution in [0.25, 0.3) is 0 Å². The Hall–Kier alpha value is -2.15. The zero-order valence-electron chi connectivity index (χ0n) is 17.6. The van der Waals surface area contributed by atoms with E-state index >= 15 is 0 Å². The molecule has 2 amide bonds. The first-order chi connectivity index (χ1) is 14.7. The molecule has 3 fully saturated rings. The van der Waals surface area contributed by atoms with Crippen LogP contribution in [-0.2, 0) is 9.59 Å². The number of aromatic nitrogens is 1. The van der Waals surface area contributed by atoms with E-state index < -0.39 is 0 Å². The number of nitrogens with zero attached hydrogens (tertiary/aromatic N) is 1. The molecule has 1 aromatic heterocycles. The molecule has 3 aliphatic rings. The minimum absolute atomic E-state index is 0.00355. The lowest BCUT2D eigenvalue weighted by atomic mass is 9.82. The summed E-state index contributed by atoms with van der Waals surface area (Å²) in [6, 6.07) is 6.23. The molecule has 2 saturated carbocycles. The largest absolute Gasteiger partial charge is 0.474 e. The first-order valence-electron chi connectivity index (χ1n) is 11.6. The summed E-state index contributed by atoms with van der Waals surface area (Å²) >= 11 is 0. The van der Waals surface area contributed by atoms with Gasteiger partial charge >= 0.3 is 0 Å². The number of ether oxygens (including phenoxy) is 1. The lowest BCUT2D eigenvalue weighted by Crippen LogP contribution is -2.62. The van der Waals surface area contributed by atoms with Crippen molar-refractivity contribution in [2.24, 2.45) is 5.92 Å². The van der Waals surface area contributed by atoms with Gasteiger partial charge in [-0.3, -0.25) is 14.9 Å². The molecular weight excluding hydrogens is 380 g/mol. The van der Waals surface area contributed by atoms with Crippen molar-refractivity contribution in [1.82, 2.24) is 20.9 Å². The Labute approximate surface area is 178 Å². The third kappa shape index (κ3) is 5.72. The highest BCUT2D eigenvalue weighted by atomic mass is 16.5. The summed E-state index contributed by atoms with van der Waals surface area (Å²) in [4.78, 5) is 28.9. The Morgan fingerprint density at radius 3 is 2.77 bits per heavy atom. The molecule has 4 rings (SSSR count). The molecule has 1 saturated heterocycles. The fraction of sp³-hybridized carbons (Fsp3) is 0.696. The van der Waals surface area contributed by atoms with Crippen LogP contribution in [0.4, 0.5) is 0 Å². The molecule has 7 heteroatoms. The van der Waals surface area contributed by atoms with E-state index in [9.17, 15) is 9.59 Å². The van der Waals surface area contributed by atoms with Crippen LogP contribution < -0.4 is 20.7 Å². The van der Waals surface area contributed by atoms with E-state index in [4.69, 9.17) is 4.74 Å². The average Bonchev–Trinajstić information content (AvgIpc) is 2.76. The van der Waals surface area contributed by atoms with Gasteiger partial charge in [0.25, 0.3) is 0 Å². The second-order valence-corrected chi connectivity index (χ2v) is 8.94. The van der Waals surface area contributed by atoms with Crippen molar-refractivity contribution >= 4 is 11.8 Å². The van der Waals surface area contributed by atoms with Gasteiger partial charge in [0.1, 0.15) is 6.10 Å². The van der Waals surface area contributed by atoms with Crippen LogP contribution >= 0.6 is 0 Å². The minimum Gasteiger partial charge on any atom is -0.474 e. The number of nitrogens with one attached hydrogen (secondary N) is 3. The predicted molar refractivity (Wildman–Crippen MR) is 114 cm³/mol. The summed E-state index contributed by atoms with van der Waals surface area (Å²) in [7, 11) is 0. The van der Waals surface area contributed by atoms with E-state index in [0.717, 1.165) is 57.8 Å². The first kappa shape index (κ1) is 21.1. The van der Waals surface area contributed by atoms with Crippen LogP contribution in [0, 0.1) is 5.92 Å². The summed E-state index contributed by atoms with van der Waals surface area (Å²) in [5, 5.41) is 9.85. The van der Waals surface area contributed by atoms with E-state index in [-0.39, 0.29) is 36.0 Å². The number of rotatable bonds is 7. The van der Waals surface area contributed by atoms with Crippen molar-refractivity contribution in [3.05, 3.63) is 24.4 Å². The minimum atomic E-state index is 0.00355. The number of carbonyl (C=O) groups excluding carboxylic acids is 2. The molecule has 7 nitrogen and oxygen atoms in total. The first-order valence-corrected chi connectivity index (χ1v) is 11.6. The van der Waals surface area contributed by atoms with Crippen LogP contribution in [0.2, 0.25) is 0 Å². The van der Waals surface area contributed by atoms with Gasteiger partial charge in [-0.05, 0) is 57.4 Å². The molecular formula is C23H34N4O3. The van der Waals surface area contributed by atoms with Gasteiger partial charge in [-0.2, -0.15) is 0 Å². The van der Waals surface area contributed by atoms with Gasteiger partial charge in [0.2, 0.25) is 17.7 Å². The van der Waals surface area contributed by atoms with Crippen molar-refractivity contribution < 1.29 is 14.3 Å². The van der Waals surface area contributed by atoms with Gasteiger partial charge in [0.15, 0.2) is 0 Å². The van der Waals surface area contributed by atoms with Crippen molar-refractivity contribution in [2.45, 2.75) is 95.0 Å². The standard InChI is InChI=1S/C23H34N4O3/c28-21(9-5-8-20-26-19-7-2-1-6-18(19)23(29)27-20)25-16-11-13-17(14-12-16)30-22-10-3-4-15-24-22/h3-4,10,15-20,26H,1-2,5-9,11-14H2,(H,25,28)(H,27,29). The monoisotopic (exact) mass is 414 g/mol. The summed E-state index contributed by atoms with van der Waals surface area (Å²) in [5.41, 5.74) is 0. The number of hydrogen-bond donors (Lipinski definition) is 3. The quantitative estimate of drug-likeness (QED) is 0.638. The number of fused-ring (bicyclic) bond motifs is 1. The molecule has 2 aliphatic carbocycles. The molecule has 30 heavy (non-hydrogen) atoms. The Bertz CT molecular complexity index is 706. The molecule has 0 spiro atoms. The van der Waals surface area contributed by atoms with Crippen molar-refractivity contribution in [3.63, 3.8) is 0 Å². The maximum absolute atomic E-state index is 12.4. The van der Waals surface area contributed by atoms with E-state index in [2.05, 4.69) is 20.9 Å². The maximum Gasteiger partial charge on any atom is 0.225 e. The van der Waals surface area contributed by atoms with Crippen LogP contribution in [0.15, 0.2) is 24.4 Å². The molecule has 3 atom stereocenters. The average molecular weight is 415 g/mol. The zero-order chi connectivity index (χ0) is 20.8. The number of pyridine rings is 1. The fourth-order valence-electron chi connectivity index (χ4n) is 5.06. The second-order valence-electron chi connectivity index (χ2n) is 8.94. The maximum atomic E-state index is 12.4. The van der Waals surface area contributed by atoms with Crippen molar-refractivity contribution in [3.8, 4) is 5.88 Å². The molecule has 1 aromatic rings. The highest BCUT2D eigenvalue weighted by Crippen LogP contribution is 2.28. The number of hydrogen-bond acceptors (Lipinski definition) is 5. The fourth-order valence-corrected chi connectivity index (χ4v) is 5.06. The van der Waals surface area contributed by atoms with Gasteiger partial charge < -0.3 is 15.4 Å². The third-order valence-electron chi connectivity index (χ3n) is 6.70. The van der Waals surface area contributed by atoms with Gasteiger partial charge in [-0.15, -0.1) is 0 Å². The smallest absolute Gasteiger partial charge is 0.225 e. The van der Waals surface area contributed by atoms with E-state index in [1.807, 2.05) is 18.2 Å². The molecule has 164 valence electrons. The summed E-state index contributed by atoms with van der Waals surface area (Å²) < 4.78 is 5.92. The highest BCUT2D eigenvalue weighted by molar-refractivity contribution is 5.80. The zero-order valence-corrected chi connectivity index (χ0v) is 17.6. The Kier molecular flexibility index (Phi) is 7.20. The molecule has 0 bridgehead atoms. The topological polar surface area (TPSA) is 92.4 Å². The van der Waals surface area contributed by atoms with Crippen LogP contribution in [0.5, 0.6) is 5.88 Å². The molecule has 2 heterocycles. The number of amides is 2. The van der Waals surface area contributed by atoms with Gasteiger partial charge in [-0.1, -0.05) is 18.9 Å². The number of carbonyl (C=O) groups is 2. The van der Waals surface area contributed by atoms with Crippen LogP contribution in [-0.4, -0.2) is 41.2 Å². The Balaban J connectivity index is 1.11. The van der Waals surface area contributed by atoms with E-state index in [0.29, 0.717) is 18.3 Å². The molecule has 0 radical (unpaired) electrons. The second kappa shape index (κ2) is 10.2. The normalized spacial score (nSPS) is 31.3. The SMILES string of the molecule is O=C(CCCC1NC(=O)C2CCCCC2N1)NC1CCC(Oc2ccccn2)CC1. The molecule has 3 N–H and O–H groups in total. The molecule has 3 unspecified atom stereocenters. The van der Waals surface area contributed by atoms with Crippen molar-refractivity contribution in [2.75, 3.05) is 0 Å². The predicted octanol–water partition coefficient (Wildman–Crippen LogP) is 2.66. The Morgan fingerprint density at radius 1 is 1.13 bits per heavy atom. The van der Waals surface area contributed by atoms with Crippen LogP contribution in [0.3, 0.4) is 0 Å². The summed E-state index contributed by atoms with van der Waals surface area (Å²) in [5.74, 6) is 1.11. The highest BCUT2D eigenvalue weighted by Gasteiger charge is 2.37. The van der Waals surface area contributed by atoms with Gasteiger partial charge in [-0.25, -0.2) is 4.98 Å². The van der Waals surface area contributed by atoms with Gasteiger partial charge in [0.05, 0.1) is 12.1 Å². The summed E-state index contributed by atoms with van der Waals surface area (Å²) in [6.45, 7) is 0. The van der Waals surface area contributed by atoms with Crippen LogP contribution in [0.1, 0.15) is 70.6 Å².